The van der Waals surface area contributed by atoms with Gasteiger partial charge in [0.25, 0.3) is 0 Å². The summed E-state index contributed by atoms with van der Waals surface area (Å²) < 4.78 is 2.08. The molecule has 0 radical (unpaired) electrons. The molecule has 1 heterocycles. The van der Waals surface area contributed by atoms with Crippen LogP contribution in [0.15, 0.2) is 41.7 Å². The molecule has 0 bridgehead atoms. The van der Waals surface area contributed by atoms with Crippen molar-refractivity contribution in [2.24, 2.45) is 10.9 Å². The lowest BCUT2D eigenvalue weighted by Gasteiger charge is -2.21. The highest BCUT2D eigenvalue weighted by Gasteiger charge is 2.09. The Morgan fingerprint density at radius 2 is 1.96 bits per heavy atom. The number of aliphatic imine (C=N–C) groups is 1. The predicted molar refractivity (Wildman–Crippen MR) is 107 cm³/mol. The second-order valence-electron chi connectivity index (χ2n) is 6.86. The second kappa shape index (κ2) is 10.6. The number of aromatic nitrogens is 3. The minimum Gasteiger partial charge on any atom is -0.355 e. The van der Waals surface area contributed by atoms with Crippen LogP contribution in [0.4, 0.5) is 0 Å². The number of hydrogen-bond acceptors (Lipinski definition) is 3. The standard InChI is InChI=1S/C20H32N6/c1-5-19-25-23-15-26(19)14-13-22-20(24-17(4)16(2)3)21-12-11-18-9-7-6-8-10-18/h6-10,15-17H,5,11-14H2,1-4H3,(H2,21,22,24). The van der Waals surface area contributed by atoms with Gasteiger partial charge in [-0.1, -0.05) is 51.1 Å². The Morgan fingerprint density at radius 1 is 1.19 bits per heavy atom. The van der Waals surface area contributed by atoms with Crippen molar-refractivity contribution in [1.29, 1.82) is 0 Å². The molecule has 0 amide bonds. The Morgan fingerprint density at radius 3 is 2.65 bits per heavy atom. The van der Waals surface area contributed by atoms with Crippen LogP contribution >= 0.6 is 0 Å². The molecule has 0 fully saturated rings. The summed E-state index contributed by atoms with van der Waals surface area (Å²) in [4.78, 5) is 4.76. The fourth-order valence-electron chi connectivity index (χ4n) is 2.51. The summed E-state index contributed by atoms with van der Waals surface area (Å²) in [6.45, 7) is 11.1. The van der Waals surface area contributed by atoms with Crippen LogP contribution < -0.4 is 10.6 Å². The maximum Gasteiger partial charge on any atom is 0.191 e. The average molecular weight is 357 g/mol. The van der Waals surface area contributed by atoms with Crippen molar-refractivity contribution in [3.63, 3.8) is 0 Å². The maximum atomic E-state index is 4.76. The quantitative estimate of drug-likeness (QED) is 0.535. The Hall–Kier alpha value is -2.37. The monoisotopic (exact) mass is 356 g/mol. The Kier molecular flexibility index (Phi) is 8.12. The summed E-state index contributed by atoms with van der Waals surface area (Å²) in [7, 11) is 0. The summed E-state index contributed by atoms with van der Waals surface area (Å²) in [6, 6.07) is 10.8. The van der Waals surface area contributed by atoms with Crippen LogP contribution in [0.25, 0.3) is 0 Å². The molecule has 0 aliphatic heterocycles. The van der Waals surface area contributed by atoms with E-state index in [1.807, 2.05) is 6.07 Å². The van der Waals surface area contributed by atoms with Crippen LogP contribution in [-0.2, 0) is 19.4 Å². The maximum absolute atomic E-state index is 4.76. The molecule has 0 spiro atoms. The molecule has 0 aliphatic carbocycles. The zero-order valence-electron chi connectivity index (χ0n) is 16.4. The van der Waals surface area contributed by atoms with Gasteiger partial charge in [-0.25, -0.2) is 0 Å². The smallest absolute Gasteiger partial charge is 0.191 e. The summed E-state index contributed by atoms with van der Waals surface area (Å²) in [5, 5.41) is 15.1. The zero-order chi connectivity index (χ0) is 18.8. The van der Waals surface area contributed by atoms with E-state index in [0.29, 0.717) is 12.0 Å². The molecular formula is C20H32N6. The van der Waals surface area contributed by atoms with Gasteiger partial charge >= 0.3 is 0 Å². The largest absolute Gasteiger partial charge is 0.355 e. The van der Waals surface area contributed by atoms with Crippen LogP contribution in [0.3, 0.4) is 0 Å². The molecule has 2 rings (SSSR count). The average Bonchev–Trinajstić information content (AvgIpc) is 3.09. The number of nitrogens with zero attached hydrogens (tertiary/aromatic N) is 4. The van der Waals surface area contributed by atoms with Gasteiger partial charge in [-0.05, 0) is 24.8 Å². The first-order valence-electron chi connectivity index (χ1n) is 9.55. The lowest BCUT2D eigenvalue weighted by molar-refractivity contribution is 0.479. The van der Waals surface area contributed by atoms with E-state index >= 15 is 0 Å². The summed E-state index contributed by atoms with van der Waals surface area (Å²) in [6.07, 6.45) is 3.62. The first-order chi connectivity index (χ1) is 12.6. The van der Waals surface area contributed by atoms with Crippen molar-refractivity contribution in [2.75, 3.05) is 13.1 Å². The fraction of sp³-hybridized carbons (Fsp3) is 0.550. The van der Waals surface area contributed by atoms with Gasteiger partial charge in [0.1, 0.15) is 12.2 Å². The minimum atomic E-state index is 0.360. The number of guanidine groups is 1. The Bertz CT molecular complexity index is 662. The van der Waals surface area contributed by atoms with Crippen molar-refractivity contribution in [3.05, 3.63) is 48.0 Å². The molecule has 6 heteroatoms. The third kappa shape index (κ3) is 6.50. The van der Waals surface area contributed by atoms with Gasteiger partial charge in [0, 0.05) is 32.1 Å². The van der Waals surface area contributed by atoms with Crippen LogP contribution in [0.5, 0.6) is 0 Å². The lowest BCUT2D eigenvalue weighted by Crippen LogP contribution is -2.45. The van der Waals surface area contributed by atoms with E-state index in [1.54, 1.807) is 6.33 Å². The predicted octanol–water partition coefficient (Wildman–Crippen LogP) is 2.66. The van der Waals surface area contributed by atoms with Gasteiger partial charge in [0.05, 0.1) is 0 Å². The molecule has 6 nitrogen and oxygen atoms in total. The van der Waals surface area contributed by atoms with E-state index in [4.69, 9.17) is 4.99 Å². The Balaban J connectivity index is 1.90. The molecule has 2 aromatic rings. The second-order valence-corrected chi connectivity index (χ2v) is 6.86. The molecule has 1 aromatic carbocycles. The van der Waals surface area contributed by atoms with Crippen molar-refractivity contribution >= 4 is 5.96 Å². The SMILES string of the molecule is CCc1nncn1CCNC(=NCCc1ccccc1)NC(C)C(C)C. The molecule has 2 N–H and O–H groups in total. The van der Waals surface area contributed by atoms with Crippen molar-refractivity contribution in [3.8, 4) is 0 Å². The lowest BCUT2D eigenvalue weighted by atomic mass is 10.1. The van der Waals surface area contributed by atoms with Crippen LogP contribution in [-0.4, -0.2) is 39.9 Å². The highest BCUT2D eigenvalue weighted by molar-refractivity contribution is 5.80. The topological polar surface area (TPSA) is 67.1 Å². The van der Waals surface area contributed by atoms with Gasteiger partial charge in [0.2, 0.25) is 0 Å². The van der Waals surface area contributed by atoms with Crippen molar-refractivity contribution in [1.82, 2.24) is 25.4 Å². The molecule has 1 unspecified atom stereocenters. The summed E-state index contributed by atoms with van der Waals surface area (Å²) in [5.74, 6) is 2.42. The molecule has 0 aliphatic rings. The summed E-state index contributed by atoms with van der Waals surface area (Å²) in [5.41, 5.74) is 1.31. The fourth-order valence-corrected chi connectivity index (χ4v) is 2.51. The molecule has 26 heavy (non-hydrogen) atoms. The number of nitrogens with one attached hydrogen (secondary N) is 2. The van der Waals surface area contributed by atoms with Crippen molar-refractivity contribution < 1.29 is 0 Å². The van der Waals surface area contributed by atoms with Gasteiger partial charge in [-0.2, -0.15) is 0 Å². The number of hydrogen-bond donors (Lipinski definition) is 2. The molecule has 142 valence electrons. The highest BCUT2D eigenvalue weighted by atomic mass is 15.3. The number of benzene rings is 1. The van der Waals surface area contributed by atoms with E-state index in [-0.39, 0.29) is 0 Å². The summed E-state index contributed by atoms with van der Waals surface area (Å²) >= 11 is 0. The van der Waals surface area contributed by atoms with E-state index in [2.05, 4.69) is 77.4 Å². The van der Waals surface area contributed by atoms with Gasteiger partial charge in [0.15, 0.2) is 5.96 Å². The van der Waals surface area contributed by atoms with Crippen molar-refractivity contribution in [2.45, 2.75) is 53.1 Å². The van der Waals surface area contributed by atoms with Gasteiger partial charge < -0.3 is 15.2 Å². The molecule has 1 atom stereocenters. The van der Waals surface area contributed by atoms with Gasteiger partial charge in [-0.15, -0.1) is 10.2 Å². The van der Waals surface area contributed by atoms with E-state index in [1.165, 1.54) is 5.56 Å². The number of aryl methyl sites for hydroxylation is 1. The van der Waals surface area contributed by atoms with Crippen LogP contribution in [0.2, 0.25) is 0 Å². The van der Waals surface area contributed by atoms with Gasteiger partial charge in [-0.3, -0.25) is 4.99 Å². The highest BCUT2D eigenvalue weighted by Crippen LogP contribution is 2.01. The molecule has 0 saturated heterocycles. The van der Waals surface area contributed by atoms with Crippen LogP contribution in [0, 0.1) is 5.92 Å². The first kappa shape index (κ1) is 19.9. The number of rotatable bonds is 9. The molecular weight excluding hydrogens is 324 g/mol. The third-order valence-corrected chi connectivity index (χ3v) is 4.53. The zero-order valence-corrected chi connectivity index (χ0v) is 16.4. The molecule has 0 saturated carbocycles. The Labute approximate surface area is 157 Å². The van der Waals surface area contributed by atoms with E-state index in [9.17, 15) is 0 Å². The van der Waals surface area contributed by atoms with E-state index in [0.717, 1.165) is 44.3 Å². The van der Waals surface area contributed by atoms with E-state index < -0.39 is 0 Å². The van der Waals surface area contributed by atoms with Crippen LogP contribution in [0.1, 0.15) is 39.1 Å². The first-order valence-corrected chi connectivity index (χ1v) is 9.55. The normalized spacial score (nSPS) is 13.0. The molecule has 1 aromatic heterocycles. The third-order valence-electron chi connectivity index (χ3n) is 4.53. The minimum absolute atomic E-state index is 0.360.